The van der Waals surface area contributed by atoms with Gasteiger partial charge in [0.25, 0.3) is 5.88 Å². The molecule has 0 bridgehead atoms. The standard InChI is InChI=1S/C10H8BrN3O4/c11-7-2-14-1-6(10(15)16)12-8(14)9(13-7)18-5-3-17-4-5/h1-2,5H,3-4H2,(H,15,16). The number of rotatable bonds is 3. The van der Waals surface area contributed by atoms with E-state index in [4.69, 9.17) is 14.6 Å². The summed E-state index contributed by atoms with van der Waals surface area (Å²) in [6.07, 6.45) is 2.98. The van der Waals surface area contributed by atoms with Crippen molar-refractivity contribution < 1.29 is 19.4 Å². The van der Waals surface area contributed by atoms with Crippen LogP contribution < -0.4 is 4.74 Å². The molecule has 7 nitrogen and oxygen atoms in total. The molecular formula is C10H8BrN3O4. The molecule has 0 unspecified atom stereocenters. The Kier molecular flexibility index (Phi) is 2.67. The summed E-state index contributed by atoms with van der Waals surface area (Å²) in [5, 5.41) is 8.92. The maximum absolute atomic E-state index is 10.9. The van der Waals surface area contributed by atoms with Gasteiger partial charge in [-0.25, -0.2) is 14.8 Å². The molecule has 18 heavy (non-hydrogen) atoms. The summed E-state index contributed by atoms with van der Waals surface area (Å²) in [4.78, 5) is 19.0. The first-order chi connectivity index (χ1) is 8.63. The number of aromatic nitrogens is 3. The highest BCUT2D eigenvalue weighted by molar-refractivity contribution is 9.10. The minimum Gasteiger partial charge on any atom is -0.476 e. The van der Waals surface area contributed by atoms with Gasteiger partial charge in [0.1, 0.15) is 10.7 Å². The molecule has 0 atom stereocenters. The first-order valence-corrected chi connectivity index (χ1v) is 5.96. The largest absolute Gasteiger partial charge is 0.476 e. The molecule has 2 aromatic heterocycles. The van der Waals surface area contributed by atoms with E-state index >= 15 is 0 Å². The van der Waals surface area contributed by atoms with Crippen LogP contribution in [0.15, 0.2) is 17.0 Å². The molecule has 0 saturated carbocycles. The van der Waals surface area contributed by atoms with Crippen LogP contribution in [-0.2, 0) is 4.74 Å². The van der Waals surface area contributed by atoms with E-state index in [1.54, 1.807) is 10.6 Å². The zero-order valence-electron chi connectivity index (χ0n) is 9.04. The van der Waals surface area contributed by atoms with Crippen LogP contribution in [0.4, 0.5) is 0 Å². The Labute approximate surface area is 109 Å². The third-order valence-corrected chi connectivity index (χ3v) is 2.86. The van der Waals surface area contributed by atoms with Gasteiger partial charge in [-0.2, -0.15) is 0 Å². The zero-order valence-corrected chi connectivity index (χ0v) is 10.6. The fourth-order valence-corrected chi connectivity index (χ4v) is 1.94. The lowest BCUT2D eigenvalue weighted by atomic mass is 10.3. The van der Waals surface area contributed by atoms with E-state index in [2.05, 4.69) is 25.9 Å². The molecule has 8 heteroatoms. The average molecular weight is 314 g/mol. The molecule has 1 saturated heterocycles. The Hall–Kier alpha value is -1.67. The van der Waals surface area contributed by atoms with Gasteiger partial charge in [0.05, 0.1) is 13.2 Å². The summed E-state index contributed by atoms with van der Waals surface area (Å²) in [6, 6.07) is 0. The van der Waals surface area contributed by atoms with E-state index in [0.717, 1.165) is 0 Å². The number of carboxylic acids is 1. The predicted octanol–water partition coefficient (Wildman–Crippen LogP) is 0.968. The quantitative estimate of drug-likeness (QED) is 0.908. The number of carbonyl (C=O) groups is 1. The van der Waals surface area contributed by atoms with E-state index in [-0.39, 0.29) is 11.8 Å². The SMILES string of the molecule is O=C(O)c1cn2cc(Br)nc(OC3COC3)c2n1. The van der Waals surface area contributed by atoms with E-state index in [9.17, 15) is 4.79 Å². The summed E-state index contributed by atoms with van der Waals surface area (Å²) in [5.74, 6) is -0.794. The molecule has 0 amide bonds. The van der Waals surface area contributed by atoms with Crippen molar-refractivity contribution in [2.24, 2.45) is 0 Å². The zero-order chi connectivity index (χ0) is 12.7. The predicted molar refractivity (Wildman–Crippen MR) is 62.9 cm³/mol. The summed E-state index contributed by atoms with van der Waals surface area (Å²) >= 11 is 3.24. The molecule has 2 aromatic rings. The van der Waals surface area contributed by atoms with Crippen LogP contribution in [0.25, 0.3) is 5.65 Å². The maximum Gasteiger partial charge on any atom is 0.356 e. The minimum absolute atomic E-state index is 0.0513. The van der Waals surface area contributed by atoms with Gasteiger partial charge in [0.2, 0.25) is 5.65 Å². The number of hydrogen-bond donors (Lipinski definition) is 1. The smallest absolute Gasteiger partial charge is 0.356 e. The molecular weight excluding hydrogens is 306 g/mol. The highest BCUT2D eigenvalue weighted by atomic mass is 79.9. The topological polar surface area (TPSA) is 86.0 Å². The second kappa shape index (κ2) is 4.21. The summed E-state index contributed by atoms with van der Waals surface area (Å²) in [6.45, 7) is 1.01. The second-order valence-electron chi connectivity index (χ2n) is 3.81. The summed E-state index contributed by atoms with van der Waals surface area (Å²) in [5.41, 5.74) is 0.326. The maximum atomic E-state index is 10.9. The molecule has 3 heterocycles. The number of hydrogen-bond acceptors (Lipinski definition) is 5. The van der Waals surface area contributed by atoms with Gasteiger partial charge in [-0.05, 0) is 15.9 Å². The van der Waals surface area contributed by atoms with E-state index in [1.807, 2.05) is 0 Å². The van der Waals surface area contributed by atoms with Gasteiger partial charge >= 0.3 is 5.97 Å². The Bertz CT molecular complexity index is 623. The van der Waals surface area contributed by atoms with Crippen LogP contribution in [0.3, 0.4) is 0 Å². The van der Waals surface area contributed by atoms with Crippen molar-refractivity contribution in [3.8, 4) is 5.88 Å². The average Bonchev–Trinajstić information content (AvgIpc) is 2.66. The number of ether oxygens (including phenoxy) is 2. The molecule has 0 radical (unpaired) electrons. The fraction of sp³-hybridized carbons (Fsp3) is 0.300. The van der Waals surface area contributed by atoms with Crippen molar-refractivity contribution in [1.29, 1.82) is 0 Å². The van der Waals surface area contributed by atoms with Crippen molar-refractivity contribution in [2.45, 2.75) is 6.10 Å². The molecule has 1 N–H and O–H groups in total. The van der Waals surface area contributed by atoms with Gasteiger partial charge in [-0.3, -0.25) is 4.40 Å². The Morgan fingerprint density at radius 2 is 2.28 bits per heavy atom. The molecule has 94 valence electrons. The molecule has 3 rings (SSSR count). The molecule has 1 aliphatic heterocycles. The van der Waals surface area contributed by atoms with E-state index in [1.165, 1.54) is 6.20 Å². The van der Waals surface area contributed by atoms with Crippen molar-refractivity contribution in [3.05, 3.63) is 22.7 Å². The number of imidazole rings is 1. The summed E-state index contributed by atoms with van der Waals surface area (Å²) in [7, 11) is 0. The van der Waals surface area contributed by atoms with Gasteiger partial charge in [-0.15, -0.1) is 0 Å². The van der Waals surface area contributed by atoms with Crippen molar-refractivity contribution >= 4 is 27.5 Å². The Morgan fingerprint density at radius 3 is 2.89 bits per heavy atom. The number of halogens is 1. The van der Waals surface area contributed by atoms with Gasteiger partial charge in [0, 0.05) is 12.4 Å². The Balaban J connectivity index is 2.07. The first kappa shape index (κ1) is 11.4. The molecule has 1 fully saturated rings. The van der Waals surface area contributed by atoms with Crippen LogP contribution in [-0.4, -0.2) is 44.8 Å². The lowest BCUT2D eigenvalue weighted by Gasteiger charge is -2.26. The third kappa shape index (κ3) is 1.93. The molecule has 0 aliphatic carbocycles. The van der Waals surface area contributed by atoms with Crippen molar-refractivity contribution in [2.75, 3.05) is 13.2 Å². The van der Waals surface area contributed by atoms with E-state index in [0.29, 0.717) is 29.3 Å². The van der Waals surface area contributed by atoms with Crippen LogP contribution in [0.1, 0.15) is 10.5 Å². The first-order valence-electron chi connectivity index (χ1n) is 5.16. The van der Waals surface area contributed by atoms with Gasteiger partial charge in [-0.1, -0.05) is 0 Å². The number of nitrogens with zero attached hydrogens (tertiary/aromatic N) is 3. The number of fused-ring (bicyclic) bond motifs is 1. The van der Waals surface area contributed by atoms with Crippen molar-refractivity contribution in [3.63, 3.8) is 0 Å². The van der Waals surface area contributed by atoms with Crippen LogP contribution in [0.2, 0.25) is 0 Å². The van der Waals surface area contributed by atoms with Crippen LogP contribution >= 0.6 is 15.9 Å². The van der Waals surface area contributed by atoms with Gasteiger partial charge < -0.3 is 14.6 Å². The Morgan fingerprint density at radius 1 is 1.50 bits per heavy atom. The van der Waals surface area contributed by atoms with Gasteiger partial charge in [0.15, 0.2) is 5.69 Å². The highest BCUT2D eigenvalue weighted by Crippen LogP contribution is 2.22. The third-order valence-electron chi connectivity index (χ3n) is 2.48. The minimum atomic E-state index is -1.09. The lowest BCUT2D eigenvalue weighted by molar-refractivity contribution is -0.0809. The number of aromatic carboxylic acids is 1. The second-order valence-corrected chi connectivity index (χ2v) is 4.62. The van der Waals surface area contributed by atoms with E-state index < -0.39 is 5.97 Å². The highest BCUT2D eigenvalue weighted by Gasteiger charge is 2.23. The number of carboxylic acid groups (broad SMARTS) is 1. The van der Waals surface area contributed by atoms with Crippen LogP contribution in [0.5, 0.6) is 5.88 Å². The van der Waals surface area contributed by atoms with Crippen molar-refractivity contribution in [1.82, 2.24) is 14.4 Å². The molecule has 0 spiro atoms. The normalized spacial score (nSPS) is 15.6. The fourth-order valence-electron chi connectivity index (χ4n) is 1.56. The molecule has 0 aromatic carbocycles. The van der Waals surface area contributed by atoms with Crippen LogP contribution in [0, 0.1) is 0 Å². The monoisotopic (exact) mass is 313 g/mol. The summed E-state index contributed by atoms with van der Waals surface area (Å²) < 4.78 is 12.7. The lowest BCUT2D eigenvalue weighted by Crippen LogP contribution is -2.38. The molecule has 1 aliphatic rings.